The van der Waals surface area contributed by atoms with E-state index >= 15 is 0 Å². The molecule has 4 heteroatoms. The Morgan fingerprint density at radius 3 is 2.59 bits per heavy atom. The van der Waals surface area contributed by atoms with Gasteiger partial charge in [0.1, 0.15) is 0 Å². The normalized spacial score (nSPS) is 12.4. The minimum atomic E-state index is 0.0337. The zero-order chi connectivity index (χ0) is 12.7. The van der Waals surface area contributed by atoms with E-state index in [-0.39, 0.29) is 6.04 Å². The Balaban J connectivity index is 2.73. The number of nitrogens with one attached hydrogen (secondary N) is 1. The van der Waals surface area contributed by atoms with Crippen molar-refractivity contribution >= 4 is 12.1 Å². The molecular formula is C13H19N3O. The van der Waals surface area contributed by atoms with Gasteiger partial charge in [0.2, 0.25) is 6.41 Å². The predicted molar refractivity (Wildman–Crippen MR) is 70.7 cm³/mol. The molecule has 1 rings (SSSR count). The van der Waals surface area contributed by atoms with Gasteiger partial charge >= 0.3 is 0 Å². The van der Waals surface area contributed by atoms with E-state index in [0.29, 0.717) is 13.0 Å². The summed E-state index contributed by atoms with van der Waals surface area (Å²) in [6.45, 7) is 2.48. The highest BCUT2D eigenvalue weighted by molar-refractivity contribution is 5.51. The summed E-state index contributed by atoms with van der Waals surface area (Å²) in [6, 6.07) is 8.07. The van der Waals surface area contributed by atoms with Crippen LogP contribution in [-0.4, -0.2) is 20.0 Å². The lowest BCUT2D eigenvalue weighted by Gasteiger charge is -2.16. The smallest absolute Gasteiger partial charge is 0.207 e. The first kappa shape index (κ1) is 13.3. The second kappa shape index (κ2) is 6.70. The van der Waals surface area contributed by atoms with Crippen LogP contribution < -0.4 is 16.0 Å². The van der Waals surface area contributed by atoms with Crippen LogP contribution >= 0.6 is 0 Å². The van der Waals surface area contributed by atoms with Gasteiger partial charge in [0.05, 0.1) is 6.04 Å². The lowest BCUT2D eigenvalue weighted by molar-refractivity contribution is -0.110. The van der Waals surface area contributed by atoms with Crippen molar-refractivity contribution in [2.45, 2.75) is 13.0 Å². The van der Waals surface area contributed by atoms with Crippen LogP contribution in [0.3, 0.4) is 0 Å². The van der Waals surface area contributed by atoms with Crippen molar-refractivity contribution in [2.24, 2.45) is 5.73 Å². The van der Waals surface area contributed by atoms with Crippen LogP contribution in [0.2, 0.25) is 0 Å². The number of anilines is 1. The van der Waals surface area contributed by atoms with E-state index in [4.69, 9.17) is 5.73 Å². The molecule has 0 aliphatic heterocycles. The van der Waals surface area contributed by atoms with E-state index in [2.05, 4.69) is 5.32 Å². The fourth-order valence-corrected chi connectivity index (χ4v) is 1.50. The Labute approximate surface area is 102 Å². The number of carbonyl (C=O) groups is 1. The molecule has 0 radical (unpaired) electrons. The molecule has 0 aliphatic rings. The summed E-state index contributed by atoms with van der Waals surface area (Å²) < 4.78 is 0. The van der Waals surface area contributed by atoms with E-state index in [1.165, 1.54) is 0 Å². The summed E-state index contributed by atoms with van der Waals surface area (Å²) in [5.41, 5.74) is 7.56. The summed E-state index contributed by atoms with van der Waals surface area (Å²) in [7, 11) is 1.97. The first-order chi connectivity index (χ1) is 8.19. The van der Waals surface area contributed by atoms with Gasteiger partial charge in [-0.15, -0.1) is 0 Å². The molecule has 0 fully saturated rings. The molecule has 1 aromatic carbocycles. The molecule has 4 nitrogen and oxygen atoms in total. The van der Waals surface area contributed by atoms with Crippen LogP contribution in [0.15, 0.2) is 36.5 Å². The Hall–Kier alpha value is -1.81. The predicted octanol–water partition coefficient (Wildman–Crippen LogP) is 1.40. The van der Waals surface area contributed by atoms with Crippen LogP contribution in [0.1, 0.15) is 18.5 Å². The zero-order valence-electron chi connectivity index (χ0n) is 10.3. The van der Waals surface area contributed by atoms with Crippen molar-refractivity contribution in [1.29, 1.82) is 0 Å². The fraction of sp³-hybridized carbons (Fsp3) is 0.308. The number of hydrogen-bond acceptors (Lipinski definition) is 3. The first-order valence-electron chi connectivity index (χ1n) is 5.58. The number of nitrogens with two attached hydrogens (primary N) is 1. The molecule has 0 bridgehead atoms. The molecule has 1 atom stereocenters. The fourth-order valence-electron chi connectivity index (χ4n) is 1.50. The topological polar surface area (TPSA) is 58.4 Å². The number of carbonyl (C=O) groups excluding carboxylic acids is 1. The quantitative estimate of drug-likeness (QED) is 0.730. The SMILES string of the molecule is C[C@@H](NC=O)c1ccc(N(C)/C=C\CN)cc1. The van der Waals surface area contributed by atoms with E-state index < -0.39 is 0 Å². The molecule has 0 aliphatic carbocycles. The Morgan fingerprint density at radius 1 is 1.41 bits per heavy atom. The molecule has 0 saturated carbocycles. The van der Waals surface area contributed by atoms with E-state index in [0.717, 1.165) is 11.3 Å². The van der Waals surface area contributed by atoms with Crippen molar-refractivity contribution in [2.75, 3.05) is 18.5 Å². The summed E-state index contributed by atoms with van der Waals surface area (Å²) in [4.78, 5) is 12.3. The first-order valence-corrected chi connectivity index (χ1v) is 5.58. The second-order valence-corrected chi connectivity index (χ2v) is 3.83. The Kier molecular flexibility index (Phi) is 5.23. The summed E-state index contributed by atoms with van der Waals surface area (Å²) >= 11 is 0. The molecule has 1 amide bonds. The number of rotatable bonds is 6. The maximum atomic E-state index is 10.3. The maximum absolute atomic E-state index is 10.3. The molecule has 17 heavy (non-hydrogen) atoms. The highest BCUT2D eigenvalue weighted by Crippen LogP contribution is 2.18. The van der Waals surface area contributed by atoms with Gasteiger partial charge in [-0.05, 0) is 24.6 Å². The number of benzene rings is 1. The van der Waals surface area contributed by atoms with E-state index in [1.807, 2.05) is 55.4 Å². The Bertz CT molecular complexity index is 373. The van der Waals surface area contributed by atoms with Crippen molar-refractivity contribution in [3.63, 3.8) is 0 Å². The molecule has 3 N–H and O–H groups in total. The minimum Gasteiger partial charge on any atom is -0.352 e. The van der Waals surface area contributed by atoms with E-state index in [9.17, 15) is 4.79 Å². The summed E-state index contributed by atoms with van der Waals surface area (Å²) in [5, 5.41) is 2.72. The van der Waals surface area contributed by atoms with Crippen LogP contribution in [0.25, 0.3) is 0 Å². The third kappa shape index (κ3) is 3.92. The average Bonchev–Trinajstić information content (AvgIpc) is 2.36. The summed E-state index contributed by atoms with van der Waals surface area (Å²) in [6.07, 6.45) is 4.54. The van der Waals surface area contributed by atoms with Crippen LogP contribution in [0.4, 0.5) is 5.69 Å². The van der Waals surface area contributed by atoms with Crippen LogP contribution in [0.5, 0.6) is 0 Å². The summed E-state index contributed by atoms with van der Waals surface area (Å²) in [5.74, 6) is 0. The highest BCUT2D eigenvalue weighted by atomic mass is 16.1. The van der Waals surface area contributed by atoms with Gasteiger partial charge in [-0.1, -0.05) is 18.2 Å². The van der Waals surface area contributed by atoms with Crippen molar-refractivity contribution in [3.8, 4) is 0 Å². The highest BCUT2D eigenvalue weighted by Gasteiger charge is 2.03. The van der Waals surface area contributed by atoms with Gasteiger partial charge < -0.3 is 16.0 Å². The lowest BCUT2D eigenvalue weighted by Crippen LogP contribution is -2.16. The van der Waals surface area contributed by atoms with Crippen LogP contribution in [0, 0.1) is 0 Å². The van der Waals surface area contributed by atoms with Gasteiger partial charge in [0.25, 0.3) is 0 Å². The van der Waals surface area contributed by atoms with Crippen molar-refractivity contribution in [3.05, 3.63) is 42.1 Å². The standard InChI is InChI=1S/C13H19N3O/c1-11(15-10-17)12-4-6-13(7-5-12)16(2)9-3-8-14/h3-7,9-11H,8,14H2,1-2H3,(H,15,17)/b9-3-/t11-/m1/s1. The third-order valence-electron chi connectivity index (χ3n) is 2.58. The minimum absolute atomic E-state index is 0.0337. The van der Waals surface area contributed by atoms with Crippen molar-refractivity contribution < 1.29 is 4.79 Å². The van der Waals surface area contributed by atoms with Gasteiger partial charge in [-0.2, -0.15) is 0 Å². The largest absolute Gasteiger partial charge is 0.352 e. The molecule has 0 heterocycles. The van der Waals surface area contributed by atoms with Gasteiger partial charge in [0, 0.05) is 25.5 Å². The molecule has 92 valence electrons. The number of nitrogens with zero attached hydrogens (tertiary/aromatic N) is 1. The Morgan fingerprint density at radius 2 is 2.06 bits per heavy atom. The van der Waals surface area contributed by atoms with Gasteiger partial charge in [0.15, 0.2) is 0 Å². The van der Waals surface area contributed by atoms with Crippen LogP contribution in [-0.2, 0) is 4.79 Å². The molecule has 0 aromatic heterocycles. The molecular weight excluding hydrogens is 214 g/mol. The molecule has 0 spiro atoms. The maximum Gasteiger partial charge on any atom is 0.207 e. The zero-order valence-corrected chi connectivity index (χ0v) is 10.3. The van der Waals surface area contributed by atoms with E-state index in [1.54, 1.807) is 0 Å². The molecule has 1 aromatic rings. The molecule has 0 saturated heterocycles. The lowest BCUT2D eigenvalue weighted by atomic mass is 10.1. The monoisotopic (exact) mass is 233 g/mol. The number of amides is 1. The van der Waals surface area contributed by atoms with Gasteiger partial charge in [-0.25, -0.2) is 0 Å². The third-order valence-corrected chi connectivity index (χ3v) is 2.58. The molecule has 0 unspecified atom stereocenters. The number of hydrogen-bond donors (Lipinski definition) is 2. The van der Waals surface area contributed by atoms with Gasteiger partial charge in [-0.3, -0.25) is 4.79 Å². The average molecular weight is 233 g/mol. The van der Waals surface area contributed by atoms with Crippen molar-refractivity contribution in [1.82, 2.24) is 5.32 Å². The second-order valence-electron chi connectivity index (χ2n) is 3.83.